The Morgan fingerprint density at radius 2 is 2.05 bits per heavy atom. The van der Waals surface area contributed by atoms with Crippen LogP contribution in [0.2, 0.25) is 0 Å². The fraction of sp³-hybridized carbons (Fsp3) is 0.455. The summed E-state index contributed by atoms with van der Waals surface area (Å²) in [5.41, 5.74) is 4.05. The molecule has 1 aliphatic rings. The zero-order valence-electron chi connectivity index (χ0n) is 10.6. The molecule has 104 valence electrons. The van der Waals surface area contributed by atoms with Crippen LogP contribution in [0.15, 0.2) is 12.3 Å². The quantitative estimate of drug-likeness (QED) is 0.562. The fourth-order valence-electron chi connectivity index (χ4n) is 1.94. The summed E-state index contributed by atoms with van der Waals surface area (Å²) in [5, 5.41) is 0. The Kier molecular flexibility index (Phi) is 3.72. The van der Waals surface area contributed by atoms with Crippen LogP contribution in [0.4, 0.5) is 5.69 Å². The zero-order valence-corrected chi connectivity index (χ0v) is 11.4. The smallest absolute Gasteiger partial charge is 0.257 e. The Morgan fingerprint density at radius 3 is 2.63 bits per heavy atom. The van der Waals surface area contributed by atoms with E-state index >= 15 is 0 Å². The number of nitrogens with one attached hydrogen (secondary N) is 1. The van der Waals surface area contributed by atoms with Crippen molar-refractivity contribution < 1.29 is 13.2 Å². The van der Waals surface area contributed by atoms with Crippen molar-refractivity contribution in [1.29, 1.82) is 0 Å². The maximum atomic E-state index is 12.3. The predicted molar refractivity (Wildman–Crippen MR) is 71.3 cm³/mol. The molecule has 2 heterocycles. The lowest BCUT2D eigenvalue weighted by molar-refractivity contribution is 0.0771. The number of hydrazine groups is 1. The molecule has 0 bridgehead atoms. The van der Waals surface area contributed by atoms with Gasteiger partial charge in [-0.25, -0.2) is 8.42 Å². The first-order valence-corrected chi connectivity index (χ1v) is 7.68. The summed E-state index contributed by atoms with van der Waals surface area (Å²) in [7, 11) is -3.00. The molecule has 1 amide bonds. The van der Waals surface area contributed by atoms with Crippen LogP contribution in [0.3, 0.4) is 0 Å². The SMILES string of the molecule is Cc1cc(NN)c(C(=O)N2CCS(=O)(=O)CC2)cn1. The van der Waals surface area contributed by atoms with Crippen LogP contribution < -0.4 is 11.3 Å². The monoisotopic (exact) mass is 284 g/mol. The highest BCUT2D eigenvalue weighted by atomic mass is 32.2. The number of carbonyl (C=O) groups excluding carboxylic acids is 1. The molecule has 7 nitrogen and oxygen atoms in total. The fourth-order valence-corrected chi connectivity index (χ4v) is 3.14. The number of amides is 1. The van der Waals surface area contributed by atoms with Crippen molar-refractivity contribution in [2.45, 2.75) is 6.92 Å². The van der Waals surface area contributed by atoms with Crippen LogP contribution in [0.1, 0.15) is 16.1 Å². The van der Waals surface area contributed by atoms with Gasteiger partial charge in [0, 0.05) is 25.0 Å². The topological polar surface area (TPSA) is 105 Å². The van der Waals surface area contributed by atoms with Gasteiger partial charge in [0.05, 0.1) is 22.8 Å². The molecule has 1 saturated heterocycles. The average Bonchev–Trinajstić information content (AvgIpc) is 2.37. The van der Waals surface area contributed by atoms with Crippen LogP contribution >= 0.6 is 0 Å². The normalized spacial score (nSPS) is 18.1. The van der Waals surface area contributed by atoms with Gasteiger partial charge in [-0.2, -0.15) is 0 Å². The molecule has 1 aromatic rings. The van der Waals surface area contributed by atoms with Crippen molar-refractivity contribution in [3.63, 3.8) is 0 Å². The average molecular weight is 284 g/mol. The Morgan fingerprint density at radius 1 is 1.42 bits per heavy atom. The highest BCUT2D eigenvalue weighted by molar-refractivity contribution is 7.91. The van der Waals surface area contributed by atoms with Crippen LogP contribution in [0.25, 0.3) is 0 Å². The number of sulfone groups is 1. The van der Waals surface area contributed by atoms with Gasteiger partial charge in [-0.15, -0.1) is 0 Å². The third-order valence-corrected chi connectivity index (χ3v) is 4.67. The number of anilines is 1. The number of rotatable bonds is 2. The number of nitrogens with zero attached hydrogens (tertiary/aromatic N) is 2. The first kappa shape index (κ1) is 13.8. The van der Waals surface area contributed by atoms with Gasteiger partial charge < -0.3 is 10.3 Å². The van der Waals surface area contributed by atoms with E-state index in [9.17, 15) is 13.2 Å². The first-order valence-electron chi connectivity index (χ1n) is 5.86. The van der Waals surface area contributed by atoms with Crippen molar-refractivity contribution >= 4 is 21.4 Å². The molecule has 0 unspecified atom stereocenters. The summed E-state index contributed by atoms with van der Waals surface area (Å²) in [5.74, 6) is 5.14. The lowest BCUT2D eigenvalue weighted by Crippen LogP contribution is -2.44. The summed E-state index contributed by atoms with van der Waals surface area (Å²) in [6, 6.07) is 1.67. The van der Waals surface area contributed by atoms with Crippen molar-refractivity contribution in [3.05, 3.63) is 23.5 Å². The van der Waals surface area contributed by atoms with Crippen molar-refractivity contribution in [2.75, 3.05) is 30.0 Å². The van der Waals surface area contributed by atoms with Gasteiger partial charge in [-0.1, -0.05) is 0 Å². The molecular formula is C11H16N4O3S. The minimum Gasteiger partial charge on any atom is -0.336 e. The Bertz CT molecular complexity index is 586. The van der Waals surface area contributed by atoms with Gasteiger partial charge in [0.25, 0.3) is 5.91 Å². The Hall–Kier alpha value is -1.67. The molecule has 0 aromatic carbocycles. The van der Waals surface area contributed by atoms with E-state index < -0.39 is 9.84 Å². The maximum absolute atomic E-state index is 12.3. The molecule has 2 rings (SSSR count). The molecule has 1 aliphatic heterocycles. The van der Waals surface area contributed by atoms with E-state index in [0.717, 1.165) is 5.69 Å². The standard InChI is InChI=1S/C11H16N4O3S/c1-8-6-10(14-12)9(7-13-8)11(16)15-2-4-19(17,18)5-3-15/h6-7H,2-5,12H2,1H3,(H,13,14). The second-order valence-corrected chi connectivity index (χ2v) is 6.76. The predicted octanol–water partition coefficient (Wildman–Crippen LogP) is -0.454. The lowest BCUT2D eigenvalue weighted by atomic mass is 10.2. The highest BCUT2D eigenvalue weighted by Crippen LogP contribution is 2.18. The van der Waals surface area contributed by atoms with Crippen LogP contribution in [0.5, 0.6) is 0 Å². The molecular weight excluding hydrogens is 268 g/mol. The lowest BCUT2D eigenvalue weighted by Gasteiger charge is -2.27. The molecule has 0 saturated carbocycles. The third kappa shape index (κ3) is 3.02. The molecule has 8 heteroatoms. The number of pyridine rings is 1. The summed E-state index contributed by atoms with van der Waals surface area (Å²) < 4.78 is 22.7. The van der Waals surface area contributed by atoms with Gasteiger partial charge in [0.2, 0.25) is 0 Å². The summed E-state index contributed by atoms with van der Waals surface area (Å²) in [6.45, 7) is 2.21. The van der Waals surface area contributed by atoms with Gasteiger partial charge in [0.1, 0.15) is 0 Å². The third-order valence-electron chi connectivity index (χ3n) is 3.06. The first-order chi connectivity index (χ1) is 8.93. The molecule has 1 aromatic heterocycles. The molecule has 19 heavy (non-hydrogen) atoms. The van der Waals surface area contributed by atoms with Gasteiger partial charge >= 0.3 is 0 Å². The second-order valence-electron chi connectivity index (χ2n) is 4.46. The van der Waals surface area contributed by atoms with Gasteiger partial charge in [-0.3, -0.25) is 15.6 Å². The number of aromatic nitrogens is 1. The zero-order chi connectivity index (χ0) is 14.0. The van der Waals surface area contributed by atoms with E-state index in [0.29, 0.717) is 11.3 Å². The Labute approximate surface area is 111 Å². The van der Waals surface area contributed by atoms with Gasteiger partial charge in [0.15, 0.2) is 9.84 Å². The number of hydrogen-bond donors (Lipinski definition) is 2. The van der Waals surface area contributed by atoms with Crippen LogP contribution in [-0.2, 0) is 9.84 Å². The summed E-state index contributed by atoms with van der Waals surface area (Å²) >= 11 is 0. The minimum atomic E-state index is -3.00. The van der Waals surface area contributed by atoms with Crippen molar-refractivity contribution in [3.8, 4) is 0 Å². The number of nitrogens with two attached hydrogens (primary N) is 1. The maximum Gasteiger partial charge on any atom is 0.257 e. The number of aryl methyl sites for hydroxylation is 1. The van der Waals surface area contributed by atoms with E-state index in [1.807, 2.05) is 0 Å². The highest BCUT2D eigenvalue weighted by Gasteiger charge is 2.27. The molecule has 0 radical (unpaired) electrons. The van der Waals surface area contributed by atoms with E-state index in [-0.39, 0.29) is 30.5 Å². The van der Waals surface area contributed by atoms with Crippen LogP contribution in [-0.4, -0.2) is 48.8 Å². The van der Waals surface area contributed by atoms with E-state index in [1.165, 1.54) is 11.1 Å². The number of hydrogen-bond acceptors (Lipinski definition) is 6. The van der Waals surface area contributed by atoms with Crippen molar-refractivity contribution in [1.82, 2.24) is 9.88 Å². The number of carbonyl (C=O) groups is 1. The largest absolute Gasteiger partial charge is 0.336 e. The number of nitrogen functional groups attached to an aromatic ring is 1. The molecule has 0 spiro atoms. The van der Waals surface area contributed by atoms with E-state index in [1.54, 1.807) is 13.0 Å². The van der Waals surface area contributed by atoms with E-state index in [2.05, 4.69) is 10.4 Å². The molecule has 0 aliphatic carbocycles. The molecule has 0 atom stereocenters. The second kappa shape index (κ2) is 5.14. The minimum absolute atomic E-state index is 0.00339. The van der Waals surface area contributed by atoms with Crippen LogP contribution in [0, 0.1) is 6.92 Å². The summed E-state index contributed by atoms with van der Waals surface area (Å²) in [6.07, 6.45) is 1.45. The molecule has 3 N–H and O–H groups in total. The van der Waals surface area contributed by atoms with Crippen molar-refractivity contribution in [2.24, 2.45) is 5.84 Å². The van der Waals surface area contributed by atoms with Gasteiger partial charge in [-0.05, 0) is 13.0 Å². The Balaban J connectivity index is 2.21. The van der Waals surface area contributed by atoms with E-state index in [4.69, 9.17) is 5.84 Å². The summed E-state index contributed by atoms with van der Waals surface area (Å²) in [4.78, 5) is 17.9. The molecule has 1 fully saturated rings.